The fraction of sp³-hybridized carbons (Fsp3) is 0.500. The first-order valence-electron chi connectivity index (χ1n) is 7.23. The molecule has 1 heterocycles. The van der Waals surface area contributed by atoms with E-state index in [-0.39, 0.29) is 29.6 Å². The van der Waals surface area contributed by atoms with Gasteiger partial charge in [0, 0.05) is 12.2 Å². The highest BCUT2D eigenvalue weighted by Crippen LogP contribution is 2.22. The Morgan fingerprint density at radius 1 is 1.32 bits per heavy atom. The first-order chi connectivity index (χ1) is 9.80. The summed E-state index contributed by atoms with van der Waals surface area (Å²) in [6, 6.07) is 8.37. The van der Waals surface area contributed by atoms with Crippen LogP contribution in [-0.2, 0) is 9.59 Å². The highest BCUT2D eigenvalue weighted by Gasteiger charge is 2.36. The van der Waals surface area contributed by atoms with Crippen LogP contribution in [0, 0.1) is 5.41 Å². The normalized spacial score (nSPS) is 19.5. The molecule has 122 valence electrons. The Bertz CT molecular complexity index is 528. The second-order valence-corrected chi connectivity index (χ2v) is 6.52. The Morgan fingerprint density at radius 3 is 2.45 bits per heavy atom. The van der Waals surface area contributed by atoms with Crippen LogP contribution >= 0.6 is 12.4 Å². The first kappa shape index (κ1) is 18.5. The molecule has 6 heteroatoms. The van der Waals surface area contributed by atoms with Crippen molar-refractivity contribution in [2.75, 3.05) is 11.4 Å². The molecule has 5 nitrogen and oxygen atoms in total. The molecule has 0 aliphatic carbocycles. The summed E-state index contributed by atoms with van der Waals surface area (Å²) in [5.74, 6) is -0.341. The lowest BCUT2D eigenvalue weighted by atomic mass is 9.87. The van der Waals surface area contributed by atoms with Gasteiger partial charge >= 0.3 is 0 Å². The van der Waals surface area contributed by atoms with Gasteiger partial charge in [0.2, 0.25) is 11.8 Å². The van der Waals surface area contributed by atoms with Crippen molar-refractivity contribution in [3.05, 3.63) is 30.3 Å². The van der Waals surface area contributed by atoms with E-state index in [1.807, 2.05) is 51.1 Å². The van der Waals surface area contributed by atoms with Crippen LogP contribution in [0.3, 0.4) is 0 Å². The smallest absolute Gasteiger partial charge is 0.249 e. The Balaban J connectivity index is 0.00000242. The molecule has 0 saturated carbocycles. The van der Waals surface area contributed by atoms with E-state index in [9.17, 15) is 9.59 Å². The summed E-state index contributed by atoms with van der Waals surface area (Å²) in [7, 11) is 0. The van der Waals surface area contributed by atoms with Crippen LogP contribution in [0.15, 0.2) is 30.3 Å². The molecule has 1 aromatic carbocycles. The zero-order chi connectivity index (χ0) is 15.6. The van der Waals surface area contributed by atoms with Gasteiger partial charge in [-0.2, -0.15) is 0 Å². The number of amides is 2. The largest absolute Gasteiger partial charge is 0.343 e. The third-order valence-corrected chi connectivity index (χ3v) is 3.81. The van der Waals surface area contributed by atoms with E-state index in [0.29, 0.717) is 13.0 Å². The molecule has 1 aliphatic heterocycles. The SMILES string of the molecule is CC(C)(C)[C@H](N)C(=O)NC1CCN(c2ccccc2)C1=O.Cl. The van der Waals surface area contributed by atoms with Crippen LogP contribution in [0.25, 0.3) is 0 Å². The number of nitrogens with zero attached hydrogens (tertiary/aromatic N) is 1. The number of carbonyl (C=O) groups is 2. The monoisotopic (exact) mass is 325 g/mol. The molecule has 0 bridgehead atoms. The molecule has 1 fully saturated rings. The van der Waals surface area contributed by atoms with E-state index in [2.05, 4.69) is 5.32 Å². The summed E-state index contributed by atoms with van der Waals surface area (Å²) in [6.45, 7) is 6.33. The maximum atomic E-state index is 12.4. The van der Waals surface area contributed by atoms with Crippen molar-refractivity contribution in [2.24, 2.45) is 11.1 Å². The topological polar surface area (TPSA) is 75.4 Å². The van der Waals surface area contributed by atoms with Gasteiger partial charge < -0.3 is 16.0 Å². The second kappa shape index (κ2) is 7.11. The molecule has 1 aromatic rings. The van der Waals surface area contributed by atoms with E-state index in [4.69, 9.17) is 5.73 Å². The number of hydrogen-bond donors (Lipinski definition) is 2. The number of nitrogens with two attached hydrogens (primary N) is 1. The lowest BCUT2D eigenvalue weighted by molar-refractivity contribution is -0.128. The Labute approximate surface area is 137 Å². The van der Waals surface area contributed by atoms with Gasteiger partial charge in [-0.3, -0.25) is 9.59 Å². The molecule has 0 spiro atoms. The highest BCUT2D eigenvalue weighted by molar-refractivity contribution is 6.01. The number of para-hydroxylation sites is 1. The second-order valence-electron chi connectivity index (χ2n) is 6.52. The van der Waals surface area contributed by atoms with Gasteiger partial charge in [-0.05, 0) is 24.0 Å². The van der Waals surface area contributed by atoms with Crippen molar-refractivity contribution >= 4 is 29.9 Å². The molecule has 0 aromatic heterocycles. The lowest BCUT2D eigenvalue weighted by Gasteiger charge is -2.27. The minimum Gasteiger partial charge on any atom is -0.343 e. The number of halogens is 1. The number of nitrogens with one attached hydrogen (secondary N) is 1. The van der Waals surface area contributed by atoms with Gasteiger partial charge in [-0.1, -0.05) is 39.0 Å². The molecule has 0 radical (unpaired) electrons. The minimum absolute atomic E-state index is 0. The van der Waals surface area contributed by atoms with E-state index in [1.54, 1.807) is 4.90 Å². The van der Waals surface area contributed by atoms with Gasteiger partial charge in [0.05, 0.1) is 6.04 Å². The van der Waals surface area contributed by atoms with Crippen LogP contribution in [0.4, 0.5) is 5.69 Å². The van der Waals surface area contributed by atoms with E-state index >= 15 is 0 Å². The van der Waals surface area contributed by atoms with Crippen molar-refractivity contribution in [3.63, 3.8) is 0 Å². The molecule has 2 amide bonds. The average Bonchev–Trinajstić information content (AvgIpc) is 2.79. The summed E-state index contributed by atoms with van der Waals surface area (Å²) >= 11 is 0. The van der Waals surface area contributed by atoms with Gasteiger partial charge in [0.25, 0.3) is 0 Å². The maximum absolute atomic E-state index is 12.4. The van der Waals surface area contributed by atoms with Crippen LogP contribution in [0.2, 0.25) is 0 Å². The quantitative estimate of drug-likeness (QED) is 0.888. The van der Waals surface area contributed by atoms with Crippen LogP contribution in [0.5, 0.6) is 0 Å². The van der Waals surface area contributed by atoms with E-state index < -0.39 is 12.1 Å². The van der Waals surface area contributed by atoms with Crippen LogP contribution < -0.4 is 16.0 Å². The van der Waals surface area contributed by atoms with E-state index in [1.165, 1.54) is 0 Å². The Kier molecular flexibility index (Phi) is 5.97. The number of anilines is 1. The number of rotatable bonds is 3. The molecule has 2 atom stereocenters. The summed E-state index contributed by atoms with van der Waals surface area (Å²) in [5, 5.41) is 2.78. The minimum atomic E-state index is -0.629. The third-order valence-electron chi connectivity index (χ3n) is 3.81. The number of benzene rings is 1. The number of carbonyl (C=O) groups excluding carboxylic acids is 2. The van der Waals surface area contributed by atoms with Gasteiger partial charge in [-0.25, -0.2) is 0 Å². The zero-order valence-electron chi connectivity index (χ0n) is 13.2. The van der Waals surface area contributed by atoms with Crippen molar-refractivity contribution in [3.8, 4) is 0 Å². The molecule has 22 heavy (non-hydrogen) atoms. The average molecular weight is 326 g/mol. The van der Waals surface area contributed by atoms with Crippen molar-refractivity contribution in [1.82, 2.24) is 5.32 Å². The molecule has 1 unspecified atom stereocenters. The predicted octanol–water partition coefficient (Wildman–Crippen LogP) is 1.70. The summed E-state index contributed by atoms with van der Waals surface area (Å²) < 4.78 is 0. The molecule has 1 saturated heterocycles. The fourth-order valence-electron chi connectivity index (χ4n) is 2.33. The zero-order valence-corrected chi connectivity index (χ0v) is 14.0. The van der Waals surface area contributed by atoms with Crippen molar-refractivity contribution in [1.29, 1.82) is 0 Å². The van der Waals surface area contributed by atoms with E-state index in [0.717, 1.165) is 5.69 Å². The molecule has 3 N–H and O–H groups in total. The fourth-order valence-corrected chi connectivity index (χ4v) is 2.33. The van der Waals surface area contributed by atoms with Gasteiger partial charge in [0.1, 0.15) is 6.04 Å². The van der Waals surface area contributed by atoms with Crippen molar-refractivity contribution in [2.45, 2.75) is 39.3 Å². The summed E-state index contributed by atoms with van der Waals surface area (Å²) in [5.41, 5.74) is 6.46. The maximum Gasteiger partial charge on any atom is 0.249 e. The molecular weight excluding hydrogens is 302 g/mol. The van der Waals surface area contributed by atoms with Gasteiger partial charge in [-0.15, -0.1) is 12.4 Å². The number of hydrogen-bond acceptors (Lipinski definition) is 3. The molecule has 1 aliphatic rings. The Hall–Kier alpha value is -1.59. The summed E-state index contributed by atoms with van der Waals surface area (Å²) in [4.78, 5) is 26.2. The molecule has 2 rings (SSSR count). The third kappa shape index (κ3) is 3.99. The Morgan fingerprint density at radius 2 is 1.91 bits per heavy atom. The van der Waals surface area contributed by atoms with Crippen LogP contribution in [0.1, 0.15) is 27.2 Å². The highest BCUT2D eigenvalue weighted by atomic mass is 35.5. The standard InChI is InChI=1S/C16H23N3O2.ClH/c1-16(2,3)13(17)14(20)18-12-9-10-19(15(12)21)11-7-5-4-6-8-11;/h4-8,12-13H,9-10,17H2,1-3H3,(H,18,20);1H/t12?,13-;/m1./s1. The lowest BCUT2D eigenvalue weighted by Crippen LogP contribution is -2.53. The molecular formula is C16H24ClN3O2. The first-order valence-corrected chi connectivity index (χ1v) is 7.23. The van der Waals surface area contributed by atoms with Crippen LogP contribution in [-0.4, -0.2) is 30.4 Å². The van der Waals surface area contributed by atoms with Crippen molar-refractivity contribution < 1.29 is 9.59 Å². The predicted molar refractivity (Wildman–Crippen MR) is 90.0 cm³/mol. The summed E-state index contributed by atoms with van der Waals surface area (Å²) in [6.07, 6.45) is 0.607. The van der Waals surface area contributed by atoms with Gasteiger partial charge in [0.15, 0.2) is 0 Å².